The van der Waals surface area contributed by atoms with Gasteiger partial charge in [-0.1, -0.05) is 30.0 Å². The molecule has 2 aromatic rings. The minimum atomic E-state index is -0.944. The second-order valence-electron chi connectivity index (χ2n) is 7.40. The van der Waals surface area contributed by atoms with Gasteiger partial charge in [0.1, 0.15) is 0 Å². The third-order valence-electron chi connectivity index (χ3n) is 5.10. The molecule has 1 atom stereocenters. The number of hydrogen-bond donors (Lipinski definition) is 0. The topological polar surface area (TPSA) is 80.8 Å². The first kappa shape index (κ1) is 21.8. The molecule has 1 saturated heterocycles. The van der Waals surface area contributed by atoms with Crippen LogP contribution < -0.4 is 0 Å². The first-order valence-electron chi connectivity index (χ1n) is 9.56. The molecule has 1 fully saturated rings. The minimum absolute atomic E-state index is 0.0993. The molecule has 0 N–H and O–H groups in total. The molecular formula is C23H23NO5S. The fourth-order valence-electron chi connectivity index (χ4n) is 3.24. The molecule has 1 aliphatic heterocycles. The van der Waals surface area contributed by atoms with Gasteiger partial charge in [-0.25, -0.2) is 4.79 Å². The molecule has 156 valence electrons. The Kier molecular flexibility index (Phi) is 6.41. The van der Waals surface area contributed by atoms with E-state index in [0.717, 1.165) is 33.4 Å². The number of carbonyl (C=O) groups excluding carboxylic acids is 4. The number of ether oxygens (including phenoxy) is 1. The van der Waals surface area contributed by atoms with Gasteiger partial charge >= 0.3 is 5.97 Å². The molecule has 0 spiro atoms. The largest absolute Gasteiger partial charge is 0.451 e. The predicted molar refractivity (Wildman–Crippen MR) is 115 cm³/mol. The van der Waals surface area contributed by atoms with Gasteiger partial charge in [-0.3, -0.25) is 19.3 Å². The van der Waals surface area contributed by atoms with Crippen molar-refractivity contribution >= 4 is 34.7 Å². The van der Waals surface area contributed by atoms with E-state index in [1.54, 1.807) is 31.2 Å². The zero-order valence-corrected chi connectivity index (χ0v) is 18.2. The van der Waals surface area contributed by atoms with Crippen LogP contribution in [0.4, 0.5) is 4.79 Å². The number of carbonyl (C=O) groups is 4. The van der Waals surface area contributed by atoms with Gasteiger partial charge < -0.3 is 4.74 Å². The first-order valence-corrected chi connectivity index (χ1v) is 10.5. The Morgan fingerprint density at radius 3 is 2.43 bits per heavy atom. The van der Waals surface area contributed by atoms with E-state index in [2.05, 4.69) is 0 Å². The zero-order valence-electron chi connectivity index (χ0n) is 17.4. The maximum absolute atomic E-state index is 12.8. The number of rotatable bonds is 6. The number of imide groups is 1. The van der Waals surface area contributed by atoms with Gasteiger partial charge in [0, 0.05) is 5.56 Å². The number of benzene rings is 2. The maximum Gasteiger partial charge on any atom is 0.338 e. The van der Waals surface area contributed by atoms with E-state index < -0.39 is 12.1 Å². The highest BCUT2D eigenvalue weighted by molar-refractivity contribution is 8.14. The lowest BCUT2D eigenvalue weighted by Gasteiger charge is -2.16. The van der Waals surface area contributed by atoms with Crippen LogP contribution in [0.3, 0.4) is 0 Å². The molecule has 7 heteroatoms. The fourth-order valence-corrected chi connectivity index (χ4v) is 3.97. The lowest BCUT2D eigenvalue weighted by atomic mass is 9.96. The van der Waals surface area contributed by atoms with E-state index in [-0.39, 0.29) is 34.8 Å². The summed E-state index contributed by atoms with van der Waals surface area (Å²) in [6.07, 6.45) is -0.944. The van der Waals surface area contributed by atoms with Gasteiger partial charge in [0.25, 0.3) is 5.24 Å². The number of aryl methyl sites for hydroxylation is 3. The molecule has 3 rings (SSSR count). The molecule has 0 bridgehead atoms. The summed E-state index contributed by atoms with van der Waals surface area (Å²) < 4.78 is 5.40. The summed E-state index contributed by atoms with van der Waals surface area (Å²) in [6.45, 7) is 7.42. The van der Waals surface area contributed by atoms with Gasteiger partial charge in [0.2, 0.25) is 11.7 Å². The predicted octanol–water partition coefficient (Wildman–Crippen LogP) is 4.24. The molecule has 2 aromatic carbocycles. The zero-order chi connectivity index (χ0) is 22.0. The van der Waals surface area contributed by atoms with E-state index in [0.29, 0.717) is 11.1 Å². The van der Waals surface area contributed by atoms with Crippen molar-refractivity contribution in [3.05, 3.63) is 69.8 Å². The Morgan fingerprint density at radius 1 is 1.07 bits per heavy atom. The van der Waals surface area contributed by atoms with Crippen LogP contribution in [0.5, 0.6) is 0 Å². The molecule has 0 aliphatic carbocycles. The Balaban J connectivity index is 1.71. The quantitative estimate of drug-likeness (QED) is 0.509. The Labute approximate surface area is 179 Å². The van der Waals surface area contributed by atoms with Crippen molar-refractivity contribution in [1.29, 1.82) is 0 Å². The number of Topliss-reactive ketones (excluding diaryl/α,β-unsaturated/α-hetero) is 1. The first-order chi connectivity index (χ1) is 14.2. The standard InChI is InChI=1S/C23H23NO5S/c1-13-8-15(3)19(9-14(13)2)21(26)16(4)29-22(27)18-7-5-6-17(10-18)11-24-20(25)12-30-23(24)28/h5-10,16H,11-12H2,1-4H3/t16-/m0/s1. The van der Waals surface area contributed by atoms with Crippen molar-refractivity contribution in [1.82, 2.24) is 4.90 Å². The van der Waals surface area contributed by atoms with E-state index in [9.17, 15) is 19.2 Å². The number of nitrogens with zero attached hydrogens (tertiary/aromatic N) is 1. The van der Waals surface area contributed by atoms with Crippen LogP contribution in [-0.4, -0.2) is 39.7 Å². The Hall–Kier alpha value is -2.93. The van der Waals surface area contributed by atoms with Crippen LogP contribution in [-0.2, 0) is 16.1 Å². The Bertz CT molecular complexity index is 1030. The summed E-state index contributed by atoms with van der Waals surface area (Å²) in [5.74, 6) is -1.00. The third-order valence-corrected chi connectivity index (χ3v) is 5.96. The Morgan fingerprint density at radius 2 is 1.77 bits per heavy atom. The van der Waals surface area contributed by atoms with Crippen LogP contribution in [0.25, 0.3) is 0 Å². The molecule has 0 unspecified atom stereocenters. The monoisotopic (exact) mass is 425 g/mol. The lowest BCUT2D eigenvalue weighted by molar-refractivity contribution is -0.125. The highest BCUT2D eigenvalue weighted by Crippen LogP contribution is 2.22. The number of thioether (sulfide) groups is 1. The molecule has 1 heterocycles. The number of hydrogen-bond acceptors (Lipinski definition) is 6. The summed E-state index contributed by atoms with van der Waals surface area (Å²) in [5.41, 5.74) is 4.37. The normalized spacial score (nSPS) is 14.7. The second-order valence-corrected chi connectivity index (χ2v) is 8.32. The second kappa shape index (κ2) is 8.83. The smallest absolute Gasteiger partial charge is 0.338 e. The molecule has 6 nitrogen and oxygen atoms in total. The number of esters is 1. The third kappa shape index (κ3) is 4.62. The molecule has 2 amide bonds. The highest BCUT2D eigenvalue weighted by Gasteiger charge is 2.30. The molecule has 30 heavy (non-hydrogen) atoms. The maximum atomic E-state index is 12.8. The van der Waals surface area contributed by atoms with Crippen LogP contribution in [0, 0.1) is 20.8 Å². The van der Waals surface area contributed by atoms with Crippen molar-refractivity contribution in [2.24, 2.45) is 0 Å². The van der Waals surface area contributed by atoms with Gasteiger partial charge in [0.05, 0.1) is 17.9 Å². The molecule has 0 aromatic heterocycles. The van der Waals surface area contributed by atoms with Gasteiger partial charge in [-0.05, 0) is 68.1 Å². The van der Waals surface area contributed by atoms with Gasteiger partial charge in [-0.15, -0.1) is 0 Å². The van der Waals surface area contributed by atoms with Crippen molar-refractivity contribution in [3.63, 3.8) is 0 Å². The van der Waals surface area contributed by atoms with Crippen molar-refractivity contribution in [3.8, 4) is 0 Å². The lowest BCUT2D eigenvalue weighted by Crippen LogP contribution is -2.28. The van der Waals surface area contributed by atoms with Crippen LogP contribution in [0.15, 0.2) is 36.4 Å². The molecule has 1 aliphatic rings. The molecule has 0 saturated carbocycles. The molecular weight excluding hydrogens is 402 g/mol. The number of amides is 2. The van der Waals surface area contributed by atoms with Gasteiger partial charge in [-0.2, -0.15) is 0 Å². The van der Waals surface area contributed by atoms with E-state index >= 15 is 0 Å². The SMILES string of the molecule is Cc1cc(C)c(C(=O)[C@H](C)OC(=O)c2cccc(CN3C(=O)CSC3=O)c2)cc1C. The minimum Gasteiger partial charge on any atom is -0.451 e. The van der Waals surface area contributed by atoms with E-state index in [1.807, 2.05) is 32.9 Å². The highest BCUT2D eigenvalue weighted by atomic mass is 32.2. The van der Waals surface area contributed by atoms with Crippen molar-refractivity contribution < 1.29 is 23.9 Å². The van der Waals surface area contributed by atoms with E-state index in [4.69, 9.17) is 4.74 Å². The van der Waals surface area contributed by atoms with Crippen molar-refractivity contribution in [2.45, 2.75) is 40.3 Å². The van der Waals surface area contributed by atoms with Crippen LogP contribution in [0.1, 0.15) is 49.9 Å². The van der Waals surface area contributed by atoms with Crippen LogP contribution in [0.2, 0.25) is 0 Å². The van der Waals surface area contributed by atoms with Crippen molar-refractivity contribution in [2.75, 3.05) is 5.75 Å². The van der Waals surface area contributed by atoms with Crippen LogP contribution >= 0.6 is 11.8 Å². The number of ketones is 1. The average molecular weight is 426 g/mol. The fraction of sp³-hybridized carbons (Fsp3) is 0.304. The van der Waals surface area contributed by atoms with E-state index in [1.165, 1.54) is 0 Å². The summed E-state index contributed by atoms with van der Waals surface area (Å²) in [6, 6.07) is 10.3. The van der Waals surface area contributed by atoms with Gasteiger partial charge in [0.15, 0.2) is 6.10 Å². The summed E-state index contributed by atoms with van der Waals surface area (Å²) in [4.78, 5) is 50.1. The summed E-state index contributed by atoms with van der Waals surface area (Å²) >= 11 is 0.964. The molecule has 0 radical (unpaired) electrons. The average Bonchev–Trinajstić information content (AvgIpc) is 3.02. The summed E-state index contributed by atoms with van der Waals surface area (Å²) in [7, 11) is 0. The summed E-state index contributed by atoms with van der Waals surface area (Å²) in [5, 5.41) is -0.295.